The molecular formula is C34H64N6O5. The Morgan fingerprint density at radius 2 is 1.13 bits per heavy atom. The number of amides is 4. The fourth-order valence-corrected chi connectivity index (χ4v) is 6.33. The molecule has 2 rings (SSSR count). The molecule has 2 aliphatic heterocycles. The van der Waals surface area contributed by atoms with Gasteiger partial charge in [-0.05, 0) is 93.2 Å². The van der Waals surface area contributed by atoms with Crippen LogP contribution in [0.15, 0.2) is 0 Å². The van der Waals surface area contributed by atoms with Gasteiger partial charge in [0.05, 0.1) is 18.2 Å². The van der Waals surface area contributed by atoms with E-state index in [0.29, 0.717) is 6.61 Å². The van der Waals surface area contributed by atoms with E-state index >= 15 is 0 Å². The molecule has 2 aliphatic rings. The quantitative estimate of drug-likeness (QED) is 0.151. The third-order valence-corrected chi connectivity index (χ3v) is 9.93. The van der Waals surface area contributed by atoms with Gasteiger partial charge in [0.2, 0.25) is 23.6 Å². The SMILES string of the molecule is CN[C@@H](C)C(=O)N[C@H](C(=O)N1CCC[C@H]1C)[C@@H](C)CCCCCCCCO[C@H](C)[C@H](NC(=O)[C@H](C)NC)C(=O)N1CCC[C@H]1C. The molecule has 2 heterocycles. The fraction of sp³-hybridized carbons (Fsp3) is 0.882. The smallest absolute Gasteiger partial charge is 0.248 e. The maximum atomic E-state index is 13.4. The van der Waals surface area contributed by atoms with Gasteiger partial charge in [-0.1, -0.05) is 39.0 Å². The lowest BCUT2D eigenvalue weighted by Gasteiger charge is -2.31. The zero-order valence-corrected chi connectivity index (χ0v) is 29.5. The van der Waals surface area contributed by atoms with Crippen molar-refractivity contribution in [2.75, 3.05) is 33.8 Å². The Bertz CT molecular complexity index is 863. The summed E-state index contributed by atoms with van der Waals surface area (Å²) >= 11 is 0. The van der Waals surface area contributed by atoms with Gasteiger partial charge in [-0.3, -0.25) is 19.2 Å². The highest BCUT2D eigenvalue weighted by molar-refractivity contribution is 5.91. The number of likely N-dealkylation sites (N-methyl/N-ethyl adjacent to an activating group) is 2. The first-order valence-corrected chi connectivity index (χ1v) is 17.6. The van der Waals surface area contributed by atoms with Crippen LogP contribution in [0.1, 0.15) is 112 Å². The molecule has 0 saturated carbocycles. The molecule has 2 saturated heterocycles. The first kappa shape index (κ1) is 38.9. The standard InChI is InChI=1S/C34H64N6O5/c1-23(29(37-31(41)26(4)35-7)33(43)39-20-15-18-24(39)2)17-13-11-9-10-12-14-22-45-28(6)30(38-32(42)27(5)36-8)34(44)40-21-16-19-25(40)3/h23-30,35-36H,9-22H2,1-8H3,(H,37,41)(H,38,42)/t23-,24+,25+,26-,27-,28+,29-,30-/m0/s1. The predicted octanol–water partition coefficient (Wildman–Crippen LogP) is 2.97. The normalized spacial score (nSPS) is 22.4. The van der Waals surface area contributed by atoms with Gasteiger partial charge in [-0.25, -0.2) is 0 Å². The molecule has 45 heavy (non-hydrogen) atoms. The number of unbranched alkanes of at least 4 members (excludes halogenated alkanes) is 5. The van der Waals surface area contributed by atoms with Crippen LogP contribution in [0.4, 0.5) is 0 Å². The highest BCUT2D eigenvalue weighted by Gasteiger charge is 2.37. The average Bonchev–Trinajstić information content (AvgIpc) is 3.66. The van der Waals surface area contributed by atoms with Crippen molar-refractivity contribution < 1.29 is 23.9 Å². The molecule has 0 aromatic rings. The Balaban J connectivity index is 1.74. The van der Waals surface area contributed by atoms with E-state index in [9.17, 15) is 19.2 Å². The number of rotatable bonds is 20. The number of nitrogens with zero attached hydrogens (tertiary/aromatic N) is 2. The number of ether oxygens (including phenoxy) is 1. The minimum absolute atomic E-state index is 0.0494. The molecule has 0 aliphatic carbocycles. The molecule has 8 atom stereocenters. The molecule has 4 N–H and O–H groups in total. The highest BCUT2D eigenvalue weighted by Crippen LogP contribution is 2.23. The van der Waals surface area contributed by atoms with E-state index in [1.807, 2.05) is 23.6 Å². The van der Waals surface area contributed by atoms with Crippen molar-refractivity contribution in [3.63, 3.8) is 0 Å². The monoisotopic (exact) mass is 636 g/mol. The van der Waals surface area contributed by atoms with Gasteiger partial charge in [0.25, 0.3) is 0 Å². The van der Waals surface area contributed by atoms with E-state index in [4.69, 9.17) is 4.74 Å². The van der Waals surface area contributed by atoms with Crippen LogP contribution in [-0.4, -0.2) is 110 Å². The number of likely N-dealkylation sites (tertiary alicyclic amines) is 2. The first-order chi connectivity index (χ1) is 21.4. The average molecular weight is 637 g/mol. The van der Waals surface area contributed by atoms with Crippen molar-refractivity contribution >= 4 is 23.6 Å². The third kappa shape index (κ3) is 12.1. The predicted molar refractivity (Wildman–Crippen MR) is 179 cm³/mol. The Morgan fingerprint density at radius 1 is 0.689 bits per heavy atom. The van der Waals surface area contributed by atoms with Crippen molar-refractivity contribution in [2.45, 2.75) is 155 Å². The summed E-state index contributed by atoms with van der Waals surface area (Å²) in [4.78, 5) is 55.9. The highest BCUT2D eigenvalue weighted by atomic mass is 16.5. The van der Waals surface area contributed by atoms with E-state index in [0.717, 1.165) is 83.7 Å². The maximum Gasteiger partial charge on any atom is 0.248 e. The molecule has 0 aromatic heterocycles. The second-order valence-corrected chi connectivity index (χ2v) is 13.5. The second-order valence-electron chi connectivity index (χ2n) is 13.5. The van der Waals surface area contributed by atoms with Gasteiger partial charge in [0, 0.05) is 31.8 Å². The van der Waals surface area contributed by atoms with Gasteiger partial charge in [-0.2, -0.15) is 0 Å². The van der Waals surface area contributed by atoms with Gasteiger partial charge < -0.3 is 35.8 Å². The zero-order chi connectivity index (χ0) is 33.5. The van der Waals surface area contributed by atoms with Crippen LogP contribution in [0.3, 0.4) is 0 Å². The Kier molecular flexibility index (Phi) is 17.4. The molecule has 2 fully saturated rings. The molecular weight excluding hydrogens is 572 g/mol. The lowest BCUT2D eigenvalue weighted by atomic mass is 9.93. The van der Waals surface area contributed by atoms with Crippen molar-refractivity contribution in [2.24, 2.45) is 5.92 Å². The summed E-state index contributed by atoms with van der Waals surface area (Å²) in [5.41, 5.74) is 0. The van der Waals surface area contributed by atoms with Crippen LogP contribution in [0.5, 0.6) is 0 Å². The van der Waals surface area contributed by atoms with Crippen molar-refractivity contribution in [3.8, 4) is 0 Å². The maximum absolute atomic E-state index is 13.4. The molecule has 0 bridgehead atoms. The molecule has 260 valence electrons. The van der Waals surface area contributed by atoms with E-state index in [-0.39, 0.29) is 47.7 Å². The van der Waals surface area contributed by atoms with Crippen molar-refractivity contribution in [1.82, 2.24) is 31.1 Å². The zero-order valence-electron chi connectivity index (χ0n) is 29.5. The third-order valence-electron chi connectivity index (χ3n) is 9.93. The van der Waals surface area contributed by atoms with E-state index < -0.39 is 24.2 Å². The molecule has 11 nitrogen and oxygen atoms in total. The van der Waals surface area contributed by atoms with E-state index in [1.54, 1.807) is 21.0 Å². The molecule has 0 spiro atoms. The molecule has 0 aromatic carbocycles. The summed E-state index contributed by atoms with van der Waals surface area (Å²) in [6, 6.07) is -1.55. The van der Waals surface area contributed by atoms with Gasteiger partial charge in [0.1, 0.15) is 12.1 Å². The Labute approximate surface area is 272 Å². The van der Waals surface area contributed by atoms with Gasteiger partial charge in [0.15, 0.2) is 0 Å². The van der Waals surface area contributed by atoms with Crippen molar-refractivity contribution in [1.29, 1.82) is 0 Å². The largest absolute Gasteiger partial charge is 0.376 e. The second kappa shape index (κ2) is 20.1. The first-order valence-electron chi connectivity index (χ1n) is 17.6. The number of nitrogens with one attached hydrogen (secondary N) is 4. The van der Waals surface area contributed by atoms with E-state index in [2.05, 4.69) is 42.0 Å². The van der Waals surface area contributed by atoms with Crippen molar-refractivity contribution in [3.05, 3.63) is 0 Å². The molecule has 4 amide bonds. The van der Waals surface area contributed by atoms with Crippen LogP contribution in [0, 0.1) is 5.92 Å². The van der Waals surface area contributed by atoms with E-state index in [1.165, 1.54) is 0 Å². The molecule has 0 unspecified atom stereocenters. The van der Waals surface area contributed by atoms with Gasteiger partial charge in [-0.15, -0.1) is 0 Å². The number of hydrogen-bond donors (Lipinski definition) is 4. The Hall–Kier alpha value is -2.24. The minimum Gasteiger partial charge on any atom is -0.376 e. The summed E-state index contributed by atoms with van der Waals surface area (Å²) < 4.78 is 6.09. The number of carbonyl (C=O) groups is 4. The van der Waals surface area contributed by atoms with Crippen LogP contribution in [-0.2, 0) is 23.9 Å². The van der Waals surface area contributed by atoms with Crippen LogP contribution in [0.2, 0.25) is 0 Å². The lowest BCUT2D eigenvalue weighted by Crippen LogP contribution is -2.57. The van der Waals surface area contributed by atoms with Crippen LogP contribution in [0.25, 0.3) is 0 Å². The summed E-state index contributed by atoms with van der Waals surface area (Å²) in [6.07, 6.45) is 10.6. The fourth-order valence-electron chi connectivity index (χ4n) is 6.33. The summed E-state index contributed by atoms with van der Waals surface area (Å²) in [7, 11) is 3.48. The molecule has 11 heteroatoms. The molecule has 0 radical (unpaired) electrons. The number of hydrogen-bond acceptors (Lipinski definition) is 7. The topological polar surface area (TPSA) is 132 Å². The van der Waals surface area contributed by atoms with Crippen LogP contribution < -0.4 is 21.3 Å². The lowest BCUT2D eigenvalue weighted by molar-refractivity contribution is -0.141. The summed E-state index contributed by atoms with van der Waals surface area (Å²) in [5.74, 6) is -0.295. The summed E-state index contributed by atoms with van der Waals surface area (Å²) in [5, 5.41) is 11.9. The summed E-state index contributed by atoms with van der Waals surface area (Å²) in [6.45, 7) is 13.7. The van der Waals surface area contributed by atoms with Gasteiger partial charge >= 0.3 is 0 Å². The van der Waals surface area contributed by atoms with Crippen LogP contribution >= 0.6 is 0 Å². The Morgan fingerprint density at radius 3 is 1.60 bits per heavy atom. The minimum atomic E-state index is -0.702. The number of carbonyl (C=O) groups excluding carboxylic acids is 4.